The van der Waals surface area contributed by atoms with Crippen molar-refractivity contribution in [1.29, 1.82) is 5.41 Å². The molecule has 10 heteroatoms. The van der Waals surface area contributed by atoms with Gasteiger partial charge in [0.15, 0.2) is 0 Å². The predicted molar refractivity (Wildman–Crippen MR) is 130 cm³/mol. The summed E-state index contributed by atoms with van der Waals surface area (Å²) in [7, 11) is 1.29. The van der Waals surface area contributed by atoms with Crippen LogP contribution in [0.5, 0.6) is 0 Å². The van der Waals surface area contributed by atoms with Crippen molar-refractivity contribution in [2.24, 2.45) is 5.92 Å². The Morgan fingerprint density at radius 1 is 1.24 bits per heavy atom. The van der Waals surface area contributed by atoms with Gasteiger partial charge in [-0.15, -0.1) is 0 Å². The second kappa shape index (κ2) is 14.1. The highest BCUT2D eigenvalue weighted by Gasteiger charge is 2.32. The number of rotatable bonds is 11. The molecule has 188 valence electrons. The molecule has 1 rings (SSSR count). The van der Waals surface area contributed by atoms with Gasteiger partial charge in [-0.05, 0) is 50.3 Å². The molecule has 0 saturated carbocycles. The molecule has 1 fully saturated rings. The van der Waals surface area contributed by atoms with Crippen LogP contribution >= 0.6 is 0 Å². The maximum absolute atomic E-state index is 12.8. The molecule has 1 heterocycles. The maximum Gasteiger partial charge on any atom is 0.324 e. The zero-order valence-electron chi connectivity index (χ0n) is 20.6. The summed E-state index contributed by atoms with van der Waals surface area (Å²) in [5.41, 5.74) is 3.91. The first-order valence-electron chi connectivity index (χ1n) is 11.3. The molecule has 0 aromatic rings. The number of ether oxygens (including phenoxy) is 1. The van der Waals surface area contributed by atoms with Crippen molar-refractivity contribution < 1.29 is 23.9 Å². The summed E-state index contributed by atoms with van der Waals surface area (Å²) in [6.07, 6.45) is 7.48. The Kier molecular flexibility index (Phi) is 11.9. The van der Waals surface area contributed by atoms with Crippen molar-refractivity contribution in [1.82, 2.24) is 21.1 Å². The smallest absolute Gasteiger partial charge is 0.324 e. The zero-order chi connectivity index (χ0) is 25.8. The molecular weight excluding hydrogens is 438 g/mol. The molecule has 1 saturated heterocycles. The van der Waals surface area contributed by atoms with Crippen LogP contribution in [0.25, 0.3) is 0 Å². The number of carbonyl (C=O) groups is 4. The van der Waals surface area contributed by atoms with Gasteiger partial charge in [0, 0.05) is 13.0 Å². The van der Waals surface area contributed by atoms with Gasteiger partial charge >= 0.3 is 5.97 Å². The van der Waals surface area contributed by atoms with E-state index < -0.39 is 30.0 Å². The lowest BCUT2D eigenvalue weighted by Crippen LogP contribution is -2.60. The van der Waals surface area contributed by atoms with E-state index in [2.05, 4.69) is 22.6 Å². The van der Waals surface area contributed by atoms with Crippen molar-refractivity contribution in [3.05, 3.63) is 36.5 Å². The lowest BCUT2D eigenvalue weighted by atomic mass is 10.0. The molecule has 0 aromatic carbocycles. The average molecular weight is 476 g/mol. The lowest BCUT2D eigenvalue weighted by Gasteiger charge is -2.34. The minimum absolute atomic E-state index is 0.000948. The Bertz CT molecular complexity index is 849. The van der Waals surface area contributed by atoms with E-state index in [1.807, 2.05) is 6.92 Å². The van der Waals surface area contributed by atoms with Crippen molar-refractivity contribution in [2.75, 3.05) is 13.7 Å². The standard InChI is InChI=1S/C24H37N5O5/c1-7-16(4)14-18(25)10-8-12-20(30)27-21(15(2)3)22(31)26-17(5)23(32)29-13-9-11-19(28-29)24(33)34-6/h7-8,10,14-15,17,19,21,25,28H,1,9,11-13H2,2-6H3,(H,26,31)(H,27,30)/b10-8+,16-14+,25-18?/t17-,19-,21-/m0/s1. The molecule has 0 aliphatic carbocycles. The van der Waals surface area contributed by atoms with E-state index in [-0.39, 0.29) is 29.9 Å². The quantitative estimate of drug-likeness (QED) is 0.202. The number of methoxy groups -OCH3 is 1. The number of allylic oxidation sites excluding steroid dienone is 4. The first kappa shape index (κ1) is 28.8. The van der Waals surface area contributed by atoms with Gasteiger partial charge in [0.05, 0.1) is 12.8 Å². The van der Waals surface area contributed by atoms with Crippen LogP contribution in [0.1, 0.15) is 47.0 Å². The molecule has 1 aliphatic rings. The van der Waals surface area contributed by atoms with Gasteiger partial charge in [-0.1, -0.05) is 32.6 Å². The van der Waals surface area contributed by atoms with E-state index in [9.17, 15) is 19.2 Å². The van der Waals surface area contributed by atoms with E-state index in [0.717, 1.165) is 5.57 Å². The van der Waals surface area contributed by atoms with Gasteiger partial charge in [0.25, 0.3) is 5.91 Å². The van der Waals surface area contributed by atoms with Crippen LogP contribution < -0.4 is 16.1 Å². The third-order valence-electron chi connectivity index (χ3n) is 5.24. The molecule has 4 N–H and O–H groups in total. The maximum atomic E-state index is 12.8. The van der Waals surface area contributed by atoms with E-state index in [4.69, 9.17) is 10.1 Å². The summed E-state index contributed by atoms with van der Waals surface area (Å²) in [6.45, 7) is 11.0. The normalized spacial score (nSPS) is 18.2. The van der Waals surface area contributed by atoms with Crippen LogP contribution in [0.15, 0.2) is 36.5 Å². The first-order valence-corrected chi connectivity index (χ1v) is 11.3. The van der Waals surface area contributed by atoms with Crippen LogP contribution in [-0.4, -0.2) is 66.2 Å². The van der Waals surface area contributed by atoms with Crippen LogP contribution in [0.2, 0.25) is 0 Å². The highest BCUT2D eigenvalue weighted by atomic mass is 16.5. The minimum atomic E-state index is -0.866. The third kappa shape index (κ3) is 9.30. The van der Waals surface area contributed by atoms with Crippen LogP contribution in [0.4, 0.5) is 0 Å². The van der Waals surface area contributed by atoms with Crippen molar-refractivity contribution >= 4 is 29.4 Å². The van der Waals surface area contributed by atoms with Gasteiger partial charge in [-0.3, -0.25) is 24.2 Å². The molecule has 0 bridgehead atoms. The second-order valence-electron chi connectivity index (χ2n) is 8.51. The number of hydrogen-bond donors (Lipinski definition) is 4. The van der Waals surface area contributed by atoms with E-state index in [1.165, 1.54) is 18.2 Å². The third-order valence-corrected chi connectivity index (χ3v) is 5.24. The summed E-state index contributed by atoms with van der Waals surface area (Å²) in [5.74, 6) is -1.91. The Morgan fingerprint density at radius 2 is 1.91 bits per heavy atom. The molecule has 0 unspecified atom stereocenters. The number of nitrogens with zero attached hydrogens (tertiary/aromatic N) is 1. The molecule has 0 spiro atoms. The van der Waals surface area contributed by atoms with Crippen LogP contribution in [0, 0.1) is 11.3 Å². The fourth-order valence-corrected chi connectivity index (χ4v) is 3.27. The van der Waals surface area contributed by atoms with E-state index in [1.54, 1.807) is 39.0 Å². The number of esters is 1. The summed E-state index contributed by atoms with van der Waals surface area (Å²) < 4.78 is 4.73. The molecule has 3 atom stereocenters. The number of hydrazine groups is 1. The van der Waals surface area contributed by atoms with Gasteiger partial charge in [0.1, 0.15) is 18.1 Å². The fraction of sp³-hybridized carbons (Fsp3) is 0.542. The van der Waals surface area contributed by atoms with Crippen molar-refractivity contribution in [3.8, 4) is 0 Å². The number of amides is 3. The lowest BCUT2D eigenvalue weighted by molar-refractivity contribution is -0.150. The Labute approximate surface area is 201 Å². The molecule has 34 heavy (non-hydrogen) atoms. The summed E-state index contributed by atoms with van der Waals surface area (Å²) in [5, 5.41) is 14.5. The fourth-order valence-electron chi connectivity index (χ4n) is 3.27. The van der Waals surface area contributed by atoms with Gasteiger partial charge in [0.2, 0.25) is 11.8 Å². The van der Waals surface area contributed by atoms with Gasteiger partial charge in [-0.2, -0.15) is 0 Å². The highest BCUT2D eigenvalue weighted by Crippen LogP contribution is 2.10. The Hall–Kier alpha value is -3.27. The number of hydrogen-bond acceptors (Lipinski definition) is 7. The Morgan fingerprint density at radius 3 is 2.50 bits per heavy atom. The Balaban J connectivity index is 2.67. The molecule has 0 radical (unpaired) electrons. The predicted octanol–water partition coefficient (Wildman–Crippen LogP) is 1.40. The average Bonchev–Trinajstić information content (AvgIpc) is 2.80. The SMILES string of the molecule is C=C/C(C)=C/C(=N)/C=C/CC(=O)N[C@H](C(=O)N[C@@H](C)C(=O)N1CCC[C@@H](C(=O)OC)N1)C(C)C. The van der Waals surface area contributed by atoms with E-state index in [0.29, 0.717) is 19.4 Å². The minimum Gasteiger partial charge on any atom is -0.468 e. The molecule has 1 aliphatic heterocycles. The topological polar surface area (TPSA) is 141 Å². The molecule has 3 amide bonds. The molecular formula is C24H37N5O5. The number of carbonyl (C=O) groups excluding carboxylic acids is 4. The molecule has 10 nitrogen and oxygen atoms in total. The summed E-state index contributed by atoms with van der Waals surface area (Å²) in [6, 6.07) is -2.32. The van der Waals surface area contributed by atoms with Crippen LogP contribution in [-0.2, 0) is 23.9 Å². The number of nitrogens with one attached hydrogen (secondary N) is 4. The monoisotopic (exact) mass is 475 g/mol. The van der Waals surface area contributed by atoms with Crippen molar-refractivity contribution in [3.63, 3.8) is 0 Å². The molecule has 0 aromatic heterocycles. The largest absolute Gasteiger partial charge is 0.468 e. The second-order valence-corrected chi connectivity index (χ2v) is 8.51. The first-order chi connectivity index (χ1) is 16.0. The van der Waals surface area contributed by atoms with Crippen LogP contribution in [0.3, 0.4) is 0 Å². The zero-order valence-corrected chi connectivity index (χ0v) is 20.6. The van der Waals surface area contributed by atoms with E-state index >= 15 is 0 Å². The van der Waals surface area contributed by atoms with Gasteiger partial charge in [-0.25, -0.2) is 5.43 Å². The summed E-state index contributed by atoms with van der Waals surface area (Å²) in [4.78, 5) is 49.7. The highest BCUT2D eigenvalue weighted by molar-refractivity contribution is 6.02. The van der Waals surface area contributed by atoms with Crippen molar-refractivity contribution in [2.45, 2.75) is 65.1 Å². The van der Waals surface area contributed by atoms with Gasteiger partial charge < -0.3 is 20.8 Å². The summed E-state index contributed by atoms with van der Waals surface area (Å²) >= 11 is 0.